The van der Waals surface area contributed by atoms with E-state index in [4.69, 9.17) is 4.74 Å². The number of hydrogen-bond donors (Lipinski definition) is 1. The normalized spacial score (nSPS) is 19.0. The Balaban J connectivity index is 0.00000261. The number of halogens is 1. The lowest BCUT2D eigenvalue weighted by atomic mass is 10.1. The maximum absolute atomic E-state index is 12.7. The predicted molar refractivity (Wildman–Crippen MR) is 118 cm³/mol. The van der Waals surface area contributed by atoms with Crippen LogP contribution in [0.5, 0.6) is 0 Å². The van der Waals surface area contributed by atoms with Crippen molar-refractivity contribution in [1.29, 1.82) is 0 Å². The smallest absolute Gasteiger partial charge is 0.218 e. The van der Waals surface area contributed by atoms with Crippen LogP contribution in [0.15, 0.2) is 29.3 Å². The van der Waals surface area contributed by atoms with Gasteiger partial charge in [0.25, 0.3) is 0 Å². The monoisotopic (exact) mass is 508 g/mol. The number of ether oxygens (including phenoxy) is 1. The van der Waals surface area contributed by atoms with Crippen LogP contribution in [0.2, 0.25) is 0 Å². The highest BCUT2D eigenvalue weighted by atomic mass is 127. The van der Waals surface area contributed by atoms with E-state index in [-0.39, 0.29) is 29.7 Å². The Morgan fingerprint density at radius 1 is 1.11 bits per heavy atom. The van der Waals surface area contributed by atoms with Crippen molar-refractivity contribution in [3.63, 3.8) is 0 Å². The molecule has 0 radical (unpaired) electrons. The molecule has 9 heteroatoms. The van der Waals surface area contributed by atoms with E-state index in [1.807, 2.05) is 24.3 Å². The van der Waals surface area contributed by atoms with E-state index in [0.717, 1.165) is 30.2 Å². The standard InChI is InChI=1S/C18H28N4O3S.HI/c1-19-18(21-8-4-5-9-21)20-14-16-6-2-3-7-17(16)15-26(23,24)22-10-12-25-13-11-22;/h2-3,6-7H,4-5,8-15H2,1H3,(H,19,20);1H. The number of likely N-dealkylation sites (tertiary alicyclic amines) is 1. The van der Waals surface area contributed by atoms with Crippen LogP contribution in [-0.2, 0) is 27.1 Å². The van der Waals surface area contributed by atoms with Gasteiger partial charge in [-0.3, -0.25) is 4.99 Å². The largest absolute Gasteiger partial charge is 0.379 e. The first-order valence-electron chi connectivity index (χ1n) is 9.18. The van der Waals surface area contributed by atoms with E-state index in [1.54, 1.807) is 7.05 Å². The van der Waals surface area contributed by atoms with Gasteiger partial charge in [-0.25, -0.2) is 8.42 Å². The van der Waals surface area contributed by atoms with Crippen LogP contribution in [0.1, 0.15) is 24.0 Å². The van der Waals surface area contributed by atoms with Gasteiger partial charge < -0.3 is 15.0 Å². The fourth-order valence-electron chi connectivity index (χ4n) is 3.42. The zero-order valence-corrected chi connectivity index (χ0v) is 18.9. The van der Waals surface area contributed by atoms with Crippen molar-refractivity contribution >= 4 is 40.0 Å². The lowest BCUT2D eigenvalue weighted by molar-refractivity contribution is 0.0729. The number of nitrogens with zero attached hydrogens (tertiary/aromatic N) is 3. The van der Waals surface area contributed by atoms with Gasteiger partial charge in [0.2, 0.25) is 10.0 Å². The summed E-state index contributed by atoms with van der Waals surface area (Å²) in [7, 11) is -1.55. The van der Waals surface area contributed by atoms with Crippen molar-refractivity contribution in [1.82, 2.24) is 14.5 Å². The molecule has 1 N–H and O–H groups in total. The summed E-state index contributed by atoms with van der Waals surface area (Å²) in [6.45, 7) is 4.41. The molecule has 0 aliphatic carbocycles. The third-order valence-corrected chi connectivity index (χ3v) is 6.70. The minimum atomic E-state index is -3.33. The molecular formula is C18H29IN4O3S. The van der Waals surface area contributed by atoms with Crippen LogP contribution in [0.4, 0.5) is 0 Å². The molecule has 0 aromatic heterocycles. The molecule has 27 heavy (non-hydrogen) atoms. The van der Waals surface area contributed by atoms with Crippen LogP contribution in [-0.4, -0.2) is 70.0 Å². The van der Waals surface area contributed by atoms with Crippen LogP contribution >= 0.6 is 24.0 Å². The molecule has 152 valence electrons. The van der Waals surface area contributed by atoms with Crippen molar-refractivity contribution in [2.75, 3.05) is 46.4 Å². The quantitative estimate of drug-likeness (QED) is 0.372. The lowest BCUT2D eigenvalue weighted by Crippen LogP contribution is -2.41. The molecule has 2 saturated heterocycles. The van der Waals surface area contributed by atoms with E-state index in [0.29, 0.717) is 32.8 Å². The molecule has 0 spiro atoms. The summed E-state index contributed by atoms with van der Waals surface area (Å²) in [5.74, 6) is 0.904. The summed E-state index contributed by atoms with van der Waals surface area (Å²) in [4.78, 5) is 6.60. The fraction of sp³-hybridized carbons (Fsp3) is 0.611. The van der Waals surface area contributed by atoms with Crippen molar-refractivity contribution in [3.05, 3.63) is 35.4 Å². The van der Waals surface area contributed by atoms with Gasteiger partial charge in [0.1, 0.15) is 0 Å². The molecule has 0 amide bonds. The van der Waals surface area contributed by atoms with Gasteiger partial charge in [-0.05, 0) is 24.0 Å². The maximum atomic E-state index is 12.7. The Morgan fingerprint density at radius 2 is 1.74 bits per heavy atom. The molecule has 0 bridgehead atoms. The first kappa shape index (κ1) is 22.4. The van der Waals surface area contributed by atoms with Crippen molar-refractivity contribution in [2.24, 2.45) is 4.99 Å². The number of morpholine rings is 1. The number of sulfonamides is 1. The minimum Gasteiger partial charge on any atom is -0.379 e. The molecule has 2 fully saturated rings. The molecule has 0 atom stereocenters. The van der Waals surface area contributed by atoms with Crippen molar-refractivity contribution < 1.29 is 13.2 Å². The van der Waals surface area contributed by atoms with Gasteiger partial charge in [-0.15, -0.1) is 24.0 Å². The number of hydrogen-bond acceptors (Lipinski definition) is 4. The number of benzene rings is 1. The van der Waals surface area contributed by atoms with E-state index in [1.165, 1.54) is 17.1 Å². The van der Waals surface area contributed by atoms with E-state index < -0.39 is 10.0 Å². The topological polar surface area (TPSA) is 74.2 Å². The summed E-state index contributed by atoms with van der Waals surface area (Å²) in [5, 5.41) is 3.38. The summed E-state index contributed by atoms with van der Waals surface area (Å²) < 4.78 is 32.2. The third kappa shape index (κ3) is 6.03. The molecule has 2 aliphatic rings. The average molecular weight is 508 g/mol. The van der Waals surface area contributed by atoms with Gasteiger partial charge in [0.15, 0.2) is 5.96 Å². The second-order valence-electron chi connectivity index (χ2n) is 6.63. The summed E-state index contributed by atoms with van der Waals surface area (Å²) in [5.41, 5.74) is 1.83. The molecule has 3 rings (SSSR count). The van der Waals surface area contributed by atoms with Crippen LogP contribution in [0, 0.1) is 0 Å². The number of aliphatic imine (C=N–C) groups is 1. The SMILES string of the molecule is CN=C(NCc1ccccc1CS(=O)(=O)N1CCOCC1)N1CCCC1.I. The van der Waals surface area contributed by atoms with Crippen molar-refractivity contribution in [2.45, 2.75) is 25.1 Å². The fourth-order valence-corrected chi connectivity index (χ4v) is 4.98. The first-order valence-corrected chi connectivity index (χ1v) is 10.8. The van der Waals surface area contributed by atoms with Gasteiger partial charge >= 0.3 is 0 Å². The van der Waals surface area contributed by atoms with Gasteiger partial charge in [-0.2, -0.15) is 4.31 Å². The molecule has 2 aliphatic heterocycles. The Bertz CT molecular complexity index is 730. The van der Waals surface area contributed by atoms with Crippen molar-refractivity contribution in [3.8, 4) is 0 Å². The zero-order valence-electron chi connectivity index (χ0n) is 15.8. The molecule has 1 aromatic rings. The Morgan fingerprint density at radius 3 is 2.37 bits per heavy atom. The van der Waals surface area contributed by atoms with Gasteiger partial charge in [0.05, 0.1) is 19.0 Å². The number of guanidine groups is 1. The highest BCUT2D eigenvalue weighted by Crippen LogP contribution is 2.17. The summed E-state index contributed by atoms with van der Waals surface area (Å²) in [6.07, 6.45) is 2.38. The molecule has 0 saturated carbocycles. The zero-order chi connectivity index (χ0) is 18.4. The lowest BCUT2D eigenvalue weighted by Gasteiger charge is -2.26. The Labute approximate surface area is 179 Å². The Hall–Kier alpha value is -0.910. The van der Waals surface area contributed by atoms with Crippen LogP contribution in [0.25, 0.3) is 0 Å². The van der Waals surface area contributed by atoms with Gasteiger partial charge in [-0.1, -0.05) is 24.3 Å². The van der Waals surface area contributed by atoms with E-state index >= 15 is 0 Å². The van der Waals surface area contributed by atoms with E-state index in [2.05, 4.69) is 15.2 Å². The van der Waals surface area contributed by atoms with Crippen LogP contribution < -0.4 is 5.32 Å². The average Bonchev–Trinajstić information content (AvgIpc) is 3.18. The summed E-state index contributed by atoms with van der Waals surface area (Å²) >= 11 is 0. The van der Waals surface area contributed by atoms with Gasteiger partial charge in [0, 0.05) is 39.8 Å². The molecule has 7 nitrogen and oxygen atoms in total. The molecule has 2 heterocycles. The minimum absolute atomic E-state index is 0. The molecule has 0 unspecified atom stereocenters. The second kappa shape index (κ2) is 10.6. The number of nitrogens with one attached hydrogen (secondary N) is 1. The van der Waals surface area contributed by atoms with Crippen LogP contribution in [0.3, 0.4) is 0 Å². The third-order valence-electron chi connectivity index (χ3n) is 4.87. The molecule has 1 aromatic carbocycles. The highest BCUT2D eigenvalue weighted by Gasteiger charge is 2.25. The Kier molecular flexibility index (Phi) is 8.77. The molecular weight excluding hydrogens is 479 g/mol. The maximum Gasteiger partial charge on any atom is 0.218 e. The summed E-state index contributed by atoms with van der Waals surface area (Å²) in [6, 6.07) is 7.71. The second-order valence-corrected chi connectivity index (χ2v) is 8.60. The van der Waals surface area contributed by atoms with E-state index in [9.17, 15) is 8.42 Å². The number of rotatable bonds is 5. The highest BCUT2D eigenvalue weighted by molar-refractivity contribution is 14.0. The predicted octanol–water partition coefficient (Wildman–Crippen LogP) is 1.64. The first-order chi connectivity index (χ1) is 12.6.